The van der Waals surface area contributed by atoms with Crippen molar-refractivity contribution < 1.29 is 24.2 Å². The normalized spacial score (nSPS) is 41.8. The number of carbonyl (C=O) groups is 2. The van der Waals surface area contributed by atoms with Crippen LogP contribution in [0.2, 0.25) is 0 Å². The van der Waals surface area contributed by atoms with E-state index in [0.717, 1.165) is 25.3 Å². The summed E-state index contributed by atoms with van der Waals surface area (Å²) in [4.78, 5) is 28.4. The molecule has 6 nitrogen and oxygen atoms in total. The molecule has 5 atom stereocenters. The number of nitrogens with zero attached hydrogens (tertiary/aromatic N) is 1. The number of aliphatic hydroxyl groups excluding tert-OH is 1. The Morgan fingerprint density at radius 2 is 1.80 bits per heavy atom. The Hall–Kier alpha value is -0.980. The van der Waals surface area contributed by atoms with Crippen molar-refractivity contribution in [2.24, 2.45) is 29.1 Å². The summed E-state index contributed by atoms with van der Waals surface area (Å²) >= 11 is 0. The number of cyclic esters (lactones) is 1. The minimum atomic E-state index is -1.32. The van der Waals surface area contributed by atoms with Crippen LogP contribution in [0, 0.1) is 29.1 Å². The van der Waals surface area contributed by atoms with Crippen LogP contribution in [0.15, 0.2) is 0 Å². The zero-order chi connectivity index (χ0) is 22.9. The molecule has 0 aromatic rings. The molecule has 0 radical (unpaired) electrons. The standard InChI is InChI=1S/C24H43NO5/c1-9-17-10-18(11-17)19-14-30-22(28)23(4,5)20(26)16(3)21(27)24(6,29-8)12-15(2)13-25(19)7/h15-19,21,27H,9-14H2,1-8H3/t15-,16+,17?,18?,19?,21-,24-/m1/s1. The van der Waals surface area contributed by atoms with Gasteiger partial charge in [0.15, 0.2) is 5.78 Å². The van der Waals surface area contributed by atoms with E-state index in [1.165, 1.54) is 6.42 Å². The van der Waals surface area contributed by atoms with Gasteiger partial charge in [-0.05, 0) is 64.8 Å². The van der Waals surface area contributed by atoms with Crippen LogP contribution in [0.3, 0.4) is 0 Å². The molecule has 2 aliphatic rings. The monoisotopic (exact) mass is 425 g/mol. The number of likely N-dealkylation sites (N-methyl/N-ethyl adjacent to an activating group) is 1. The molecule has 1 unspecified atom stereocenters. The van der Waals surface area contributed by atoms with E-state index in [-0.39, 0.29) is 17.7 Å². The molecule has 174 valence electrons. The van der Waals surface area contributed by atoms with Gasteiger partial charge in [0.1, 0.15) is 12.0 Å². The summed E-state index contributed by atoms with van der Waals surface area (Å²) in [6, 6.07) is 0.141. The summed E-state index contributed by atoms with van der Waals surface area (Å²) in [6.07, 6.45) is 3.11. The first-order chi connectivity index (χ1) is 13.9. The first-order valence-electron chi connectivity index (χ1n) is 11.5. The van der Waals surface area contributed by atoms with E-state index in [0.29, 0.717) is 18.9 Å². The topological polar surface area (TPSA) is 76.1 Å². The van der Waals surface area contributed by atoms with E-state index in [2.05, 4.69) is 25.8 Å². The van der Waals surface area contributed by atoms with Crippen molar-refractivity contribution in [3.63, 3.8) is 0 Å². The smallest absolute Gasteiger partial charge is 0.319 e. The van der Waals surface area contributed by atoms with Gasteiger partial charge in [-0.15, -0.1) is 0 Å². The van der Waals surface area contributed by atoms with Crippen molar-refractivity contribution in [3.05, 3.63) is 0 Å². The third-order valence-electron chi connectivity index (χ3n) is 7.80. The maximum Gasteiger partial charge on any atom is 0.319 e. The fraction of sp³-hybridized carbons (Fsp3) is 0.917. The number of ketones is 1. The number of hydrogen-bond acceptors (Lipinski definition) is 6. The second kappa shape index (κ2) is 9.66. The zero-order valence-corrected chi connectivity index (χ0v) is 20.2. The van der Waals surface area contributed by atoms with Crippen molar-refractivity contribution in [2.45, 2.75) is 85.0 Å². The van der Waals surface area contributed by atoms with Gasteiger partial charge in [-0.25, -0.2) is 0 Å². The van der Waals surface area contributed by atoms with Gasteiger partial charge < -0.3 is 14.6 Å². The second-order valence-corrected chi connectivity index (χ2v) is 10.7. The van der Waals surface area contributed by atoms with Crippen molar-refractivity contribution >= 4 is 11.8 Å². The summed E-state index contributed by atoms with van der Waals surface area (Å²) in [7, 11) is 3.67. The molecule has 2 fully saturated rings. The van der Waals surface area contributed by atoms with Gasteiger partial charge in [-0.1, -0.05) is 27.2 Å². The van der Waals surface area contributed by atoms with Crippen molar-refractivity contribution in [1.82, 2.24) is 4.90 Å². The number of aliphatic hydroxyl groups is 1. The van der Waals surface area contributed by atoms with E-state index >= 15 is 0 Å². The van der Waals surface area contributed by atoms with Crippen LogP contribution in [0.25, 0.3) is 0 Å². The Morgan fingerprint density at radius 3 is 2.33 bits per heavy atom. The van der Waals surface area contributed by atoms with Gasteiger partial charge in [0, 0.05) is 25.6 Å². The minimum absolute atomic E-state index is 0.141. The summed E-state index contributed by atoms with van der Waals surface area (Å²) in [6.45, 7) is 12.2. The Bertz CT molecular complexity index is 615. The molecule has 30 heavy (non-hydrogen) atoms. The Balaban J connectivity index is 2.34. The van der Waals surface area contributed by atoms with Crippen LogP contribution >= 0.6 is 0 Å². The predicted octanol–water partition coefficient (Wildman–Crippen LogP) is 3.30. The molecule has 1 saturated carbocycles. The van der Waals surface area contributed by atoms with Crippen LogP contribution in [0.4, 0.5) is 0 Å². The lowest BCUT2D eigenvalue weighted by molar-refractivity contribution is -0.166. The quantitative estimate of drug-likeness (QED) is 0.552. The lowest BCUT2D eigenvalue weighted by atomic mass is 9.69. The van der Waals surface area contributed by atoms with E-state index in [1.807, 2.05) is 6.92 Å². The Morgan fingerprint density at radius 1 is 1.20 bits per heavy atom. The number of hydrogen-bond donors (Lipinski definition) is 1. The van der Waals surface area contributed by atoms with Crippen LogP contribution in [0.1, 0.15) is 67.2 Å². The third-order valence-corrected chi connectivity index (χ3v) is 7.80. The Kier molecular flexibility index (Phi) is 8.14. The summed E-state index contributed by atoms with van der Waals surface area (Å²) in [5.74, 6) is -0.0616. The predicted molar refractivity (Wildman–Crippen MR) is 117 cm³/mol. The lowest BCUT2D eigenvalue weighted by Crippen LogP contribution is -2.51. The number of ether oxygens (including phenoxy) is 2. The number of carbonyl (C=O) groups excluding carboxylic acids is 2. The van der Waals surface area contributed by atoms with Gasteiger partial charge in [0.2, 0.25) is 0 Å². The van der Waals surface area contributed by atoms with Gasteiger partial charge in [0.05, 0.1) is 11.7 Å². The molecule has 0 spiro atoms. The van der Waals surface area contributed by atoms with Crippen molar-refractivity contribution in [3.8, 4) is 0 Å². The highest BCUT2D eigenvalue weighted by Gasteiger charge is 2.48. The summed E-state index contributed by atoms with van der Waals surface area (Å²) in [5, 5.41) is 11.1. The molecule has 2 rings (SSSR count). The van der Waals surface area contributed by atoms with Crippen LogP contribution in [0.5, 0.6) is 0 Å². The van der Waals surface area contributed by atoms with Gasteiger partial charge in [0.25, 0.3) is 0 Å². The number of esters is 1. The lowest BCUT2D eigenvalue weighted by Gasteiger charge is -2.44. The van der Waals surface area contributed by atoms with E-state index in [4.69, 9.17) is 9.47 Å². The zero-order valence-electron chi connectivity index (χ0n) is 20.2. The maximum atomic E-state index is 13.2. The Labute approximate surface area is 182 Å². The molecule has 1 N–H and O–H groups in total. The SMILES string of the molecule is CCC1CC(C2COC(=O)C(C)(C)C(=O)[C@H](C)[C@@H](O)[C@](C)(OC)C[C@@H](C)CN2C)C1. The first kappa shape index (κ1) is 25.3. The molecule has 0 amide bonds. The molecule has 6 heteroatoms. The average molecular weight is 426 g/mol. The highest BCUT2D eigenvalue weighted by Crippen LogP contribution is 2.41. The molecule has 0 aromatic heterocycles. The molecule has 1 aliphatic heterocycles. The molecular formula is C24H43NO5. The van der Waals surface area contributed by atoms with Crippen LogP contribution in [-0.4, -0.2) is 66.8 Å². The number of rotatable bonds is 3. The minimum Gasteiger partial charge on any atom is -0.463 e. The van der Waals surface area contributed by atoms with Crippen LogP contribution in [-0.2, 0) is 19.1 Å². The van der Waals surface area contributed by atoms with Gasteiger partial charge in [-0.3, -0.25) is 14.5 Å². The average Bonchev–Trinajstić information content (AvgIpc) is 2.66. The first-order valence-corrected chi connectivity index (χ1v) is 11.5. The number of Topliss-reactive ketones (excluding diaryl/α,β-unsaturated/α-hetero) is 1. The molecule has 1 heterocycles. The molecule has 0 aromatic carbocycles. The summed E-state index contributed by atoms with van der Waals surface area (Å²) in [5.41, 5.74) is -2.19. The second-order valence-electron chi connectivity index (χ2n) is 10.7. The van der Waals surface area contributed by atoms with Crippen LogP contribution < -0.4 is 0 Å². The van der Waals surface area contributed by atoms with Crippen molar-refractivity contribution in [2.75, 3.05) is 27.3 Å². The van der Waals surface area contributed by atoms with Crippen molar-refractivity contribution in [1.29, 1.82) is 0 Å². The molecule has 0 bridgehead atoms. The highest BCUT2D eigenvalue weighted by atomic mass is 16.5. The molecule has 1 saturated heterocycles. The third kappa shape index (κ3) is 5.08. The molecular weight excluding hydrogens is 382 g/mol. The largest absolute Gasteiger partial charge is 0.463 e. The fourth-order valence-electron chi connectivity index (χ4n) is 5.45. The van der Waals surface area contributed by atoms with E-state index in [1.54, 1.807) is 27.9 Å². The summed E-state index contributed by atoms with van der Waals surface area (Å²) < 4.78 is 11.5. The van der Waals surface area contributed by atoms with Gasteiger partial charge in [-0.2, -0.15) is 0 Å². The maximum absolute atomic E-state index is 13.2. The number of methoxy groups -OCH3 is 1. The molecule has 1 aliphatic carbocycles. The highest BCUT2D eigenvalue weighted by molar-refractivity contribution is 6.04. The van der Waals surface area contributed by atoms with Gasteiger partial charge >= 0.3 is 5.97 Å². The fourth-order valence-corrected chi connectivity index (χ4v) is 5.45. The van der Waals surface area contributed by atoms with E-state index in [9.17, 15) is 14.7 Å². The van der Waals surface area contributed by atoms with E-state index < -0.39 is 29.0 Å².